The lowest BCUT2D eigenvalue weighted by atomic mass is 10.1. The number of ether oxygens (including phenoxy) is 3. The number of methoxy groups -OCH3 is 1. The Labute approximate surface area is 135 Å². The zero-order valence-corrected chi connectivity index (χ0v) is 13.4. The van der Waals surface area contributed by atoms with Crippen LogP contribution in [0.15, 0.2) is 23.8 Å². The van der Waals surface area contributed by atoms with Crippen molar-refractivity contribution >= 4 is 12.0 Å². The fraction of sp³-hybridized carbons (Fsp3) is 0.412. The van der Waals surface area contributed by atoms with E-state index in [1.54, 1.807) is 36.3 Å². The second kappa shape index (κ2) is 8.20. The van der Waals surface area contributed by atoms with Crippen LogP contribution in [0.2, 0.25) is 0 Å². The van der Waals surface area contributed by atoms with Crippen molar-refractivity contribution in [3.05, 3.63) is 29.3 Å². The van der Waals surface area contributed by atoms with Crippen molar-refractivity contribution in [1.82, 2.24) is 4.90 Å². The van der Waals surface area contributed by atoms with E-state index in [0.717, 1.165) is 0 Å². The molecule has 1 amide bonds. The van der Waals surface area contributed by atoms with E-state index in [4.69, 9.17) is 14.2 Å². The van der Waals surface area contributed by atoms with Gasteiger partial charge in [0, 0.05) is 13.1 Å². The summed E-state index contributed by atoms with van der Waals surface area (Å²) in [6, 6.07) is 7.28. The Morgan fingerprint density at radius 1 is 1.39 bits per heavy atom. The number of hydrogen-bond donors (Lipinski definition) is 0. The van der Waals surface area contributed by atoms with E-state index in [1.165, 1.54) is 0 Å². The fourth-order valence-electron chi connectivity index (χ4n) is 2.29. The van der Waals surface area contributed by atoms with E-state index in [9.17, 15) is 10.1 Å². The zero-order chi connectivity index (χ0) is 16.7. The summed E-state index contributed by atoms with van der Waals surface area (Å²) in [6.07, 6.45) is 1.57. The first kappa shape index (κ1) is 16.8. The van der Waals surface area contributed by atoms with Gasteiger partial charge < -0.3 is 19.1 Å². The van der Waals surface area contributed by atoms with Gasteiger partial charge in [0.15, 0.2) is 11.5 Å². The molecule has 0 bridgehead atoms. The number of morpholine rings is 1. The number of carbonyl (C=O) groups is 1. The van der Waals surface area contributed by atoms with Crippen LogP contribution in [0.4, 0.5) is 0 Å². The maximum atomic E-state index is 12.4. The molecule has 0 saturated carbocycles. The molecule has 1 fully saturated rings. The molecule has 0 aliphatic carbocycles. The van der Waals surface area contributed by atoms with Crippen molar-refractivity contribution in [1.29, 1.82) is 5.26 Å². The Morgan fingerprint density at radius 3 is 2.74 bits per heavy atom. The Hall–Kier alpha value is -2.52. The topological polar surface area (TPSA) is 71.8 Å². The van der Waals surface area contributed by atoms with Gasteiger partial charge in [0.1, 0.15) is 11.6 Å². The van der Waals surface area contributed by atoms with Crippen LogP contribution in [0.25, 0.3) is 6.08 Å². The number of rotatable bonds is 5. The highest BCUT2D eigenvalue weighted by molar-refractivity contribution is 6.01. The zero-order valence-electron chi connectivity index (χ0n) is 13.4. The first-order chi connectivity index (χ1) is 11.2. The van der Waals surface area contributed by atoms with Gasteiger partial charge >= 0.3 is 0 Å². The van der Waals surface area contributed by atoms with E-state index in [0.29, 0.717) is 50.0 Å². The van der Waals surface area contributed by atoms with Crippen LogP contribution in [0.5, 0.6) is 11.5 Å². The highest BCUT2D eigenvalue weighted by Gasteiger charge is 2.20. The highest BCUT2D eigenvalue weighted by Crippen LogP contribution is 2.29. The minimum Gasteiger partial charge on any atom is -0.493 e. The molecule has 1 aromatic rings. The largest absolute Gasteiger partial charge is 0.493 e. The first-order valence-corrected chi connectivity index (χ1v) is 7.49. The van der Waals surface area contributed by atoms with Gasteiger partial charge in [-0.05, 0) is 30.7 Å². The smallest absolute Gasteiger partial charge is 0.264 e. The molecule has 0 unspecified atom stereocenters. The van der Waals surface area contributed by atoms with Crippen LogP contribution in [-0.4, -0.2) is 50.8 Å². The van der Waals surface area contributed by atoms with Crippen molar-refractivity contribution in [3.8, 4) is 17.6 Å². The van der Waals surface area contributed by atoms with Crippen molar-refractivity contribution in [2.45, 2.75) is 6.92 Å². The Morgan fingerprint density at radius 2 is 2.13 bits per heavy atom. The average Bonchev–Trinajstić information content (AvgIpc) is 2.61. The third-order valence-electron chi connectivity index (χ3n) is 3.45. The van der Waals surface area contributed by atoms with Crippen molar-refractivity contribution in [3.63, 3.8) is 0 Å². The Bertz CT molecular complexity index is 628. The first-order valence-electron chi connectivity index (χ1n) is 7.49. The van der Waals surface area contributed by atoms with E-state index in [-0.39, 0.29) is 11.5 Å². The van der Waals surface area contributed by atoms with Crippen molar-refractivity contribution in [2.75, 3.05) is 40.0 Å². The maximum Gasteiger partial charge on any atom is 0.264 e. The van der Waals surface area contributed by atoms with Crippen LogP contribution in [-0.2, 0) is 9.53 Å². The molecule has 1 heterocycles. The van der Waals surface area contributed by atoms with Gasteiger partial charge in [0.25, 0.3) is 5.91 Å². The molecule has 23 heavy (non-hydrogen) atoms. The summed E-state index contributed by atoms with van der Waals surface area (Å²) in [5.74, 6) is 0.922. The van der Waals surface area contributed by atoms with Gasteiger partial charge in [0.2, 0.25) is 0 Å². The normalized spacial score (nSPS) is 15.0. The highest BCUT2D eigenvalue weighted by atomic mass is 16.5. The second-order valence-electron chi connectivity index (χ2n) is 4.92. The summed E-state index contributed by atoms with van der Waals surface area (Å²) in [4.78, 5) is 14.0. The average molecular weight is 316 g/mol. The standard InChI is InChI=1S/C17H20N2O4/c1-3-23-15-5-4-13(11-16(15)21-2)10-14(12-18)17(20)19-6-8-22-9-7-19/h4-5,10-11H,3,6-9H2,1-2H3/b14-10+. The van der Waals surface area contributed by atoms with Gasteiger partial charge in [0.05, 0.1) is 26.9 Å². The molecule has 0 N–H and O–H groups in total. The van der Waals surface area contributed by atoms with E-state index in [1.807, 2.05) is 13.0 Å². The lowest BCUT2D eigenvalue weighted by molar-refractivity contribution is -0.130. The lowest BCUT2D eigenvalue weighted by Crippen LogP contribution is -2.41. The van der Waals surface area contributed by atoms with E-state index >= 15 is 0 Å². The summed E-state index contributed by atoms with van der Waals surface area (Å²) in [5, 5.41) is 9.30. The molecule has 1 saturated heterocycles. The summed E-state index contributed by atoms with van der Waals surface area (Å²) >= 11 is 0. The number of carbonyl (C=O) groups excluding carboxylic acids is 1. The van der Waals surface area contributed by atoms with Gasteiger partial charge in [-0.3, -0.25) is 4.79 Å². The van der Waals surface area contributed by atoms with Crippen molar-refractivity contribution < 1.29 is 19.0 Å². The Kier molecular flexibility index (Phi) is 6.01. The summed E-state index contributed by atoms with van der Waals surface area (Å²) in [5.41, 5.74) is 0.807. The minimum atomic E-state index is -0.274. The number of amides is 1. The molecule has 1 aromatic carbocycles. The van der Waals surface area contributed by atoms with Crippen LogP contribution in [0.1, 0.15) is 12.5 Å². The molecule has 0 spiro atoms. The lowest BCUT2D eigenvalue weighted by Gasteiger charge is -2.26. The Balaban J connectivity index is 2.23. The maximum absolute atomic E-state index is 12.4. The predicted molar refractivity (Wildman–Crippen MR) is 85.2 cm³/mol. The van der Waals surface area contributed by atoms with Crippen LogP contribution >= 0.6 is 0 Å². The quantitative estimate of drug-likeness (QED) is 0.612. The van der Waals surface area contributed by atoms with Gasteiger partial charge in [-0.1, -0.05) is 6.07 Å². The molecule has 0 radical (unpaired) electrons. The van der Waals surface area contributed by atoms with Gasteiger partial charge in [-0.25, -0.2) is 0 Å². The summed E-state index contributed by atoms with van der Waals surface area (Å²) in [6.45, 7) is 4.43. The predicted octanol–water partition coefficient (Wildman–Crippen LogP) is 1.86. The third kappa shape index (κ3) is 4.24. The number of hydrogen-bond acceptors (Lipinski definition) is 5. The molecule has 1 aliphatic rings. The second-order valence-corrected chi connectivity index (χ2v) is 4.92. The molecule has 2 rings (SSSR count). The van der Waals surface area contributed by atoms with Crippen LogP contribution in [0, 0.1) is 11.3 Å². The minimum absolute atomic E-state index is 0.0955. The molecule has 6 nitrogen and oxygen atoms in total. The number of nitrogens with zero attached hydrogens (tertiary/aromatic N) is 2. The monoisotopic (exact) mass is 316 g/mol. The van der Waals surface area contributed by atoms with E-state index < -0.39 is 0 Å². The van der Waals surface area contributed by atoms with Crippen LogP contribution in [0.3, 0.4) is 0 Å². The summed E-state index contributed by atoms with van der Waals surface area (Å²) < 4.78 is 16.0. The van der Waals surface area contributed by atoms with E-state index in [2.05, 4.69) is 0 Å². The molecule has 0 atom stereocenters. The molecule has 0 aromatic heterocycles. The number of nitriles is 1. The third-order valence-corrected chi connectivity index (χ3v) is 3.45. The SMILES string of the molecule is CCOc1ccc(/C=C(\C#N)C(=O)N2CCOCC2)cc1OC. The van der Waals surface area contributed by atoms with Crippen LogP contribution < -0.4 is 9.47 Å². The molecule has 1 aliphatic heterocycles. The van der Waals surface area contributed by atoms with Gasteiger partial charge in [-0.2, -0.15) is 5.26 Å². The molecule has 6 heteroatoms. The van der Waals surface area contributed by atoms with Crippen molar-refractivity contribution in [2.24, 2.45) is 0 Å². The molecular weight excluding hydrogens is 296 g/mol. The fourth-order valence-corrected chi connectivity index (χ4v) is 2.29. The summed E-state index contributed by atoms with van der Waals surface area (Å²) in [7, 11) is 1.55. The molecular formula is C17H20N2O4. The molecule has 122 valence electrons. The van der Waals surface area contributed by atoms with Gasteiger partial charge in [-0.15, -0.1) is 0 Å². The number of benzene rings is 1.